The Kier molecular flexibility index (Phi) is 2.92. The monoisotopic (exact) mass is 266 g/mol. The summed E-state index contributed by atoms with van der Waals surface area (Å²) in [7, 11) is 0. The van der Waals surface area contributed by atoms with E-state index in [1.807, 2.05) is 0 Å². The van der Waals surface area contributed by atoms with Crippen molar-refractivity contribution in [2.24, 2.45) is 5.92 Å². The van der Waals surface area contributed by atoms with Crippen LogP contribution in [0.25, 0.3) is 10.9 Å². The predicted molar refractivity (Wildman–Crippen MR) is 84.0 cm³/mol. The van der Waals surface area contributed by atoms with E-state index >= 15 is 0 Å². The number of benzene rings is 1. The molecule has 104 valence electrons. The molecular formula is C18H22N2. The standard InChI is InChI=1S/C18H22N2/c1-2-13-12-20-9-7-14(13)11-18-16(8-10-20)15-5-3-4-6-17(15)19-18/h2-6,14,19H,7-12H2,1H3. The Hall–Kier alpha value is -1.54. The van der Waals surface area contributed by atoms with Gasteiger partial charge in [-0.25, -0.2) is 0 Å². The number of aromatic amines is 1. The Morgan fingerprint density at radius 3 is 3.05 bits per heavy atom. The molecule has 0 radical (unpaired) electrons. The molecule has 2 unspecified atom stereocenters. The van der Waals surface area contributed by atoms with E-state index in [2.05, 4.69) is 47.1 Å². The van der Waals surface area contributed by atoms with Crippen LogP contribution in [0.3, 0.4) is 0 Å². The van der Waals surface area contributed by atoms with Crippen molar-refractivity contribution < 1.29 is 0 Å². The summed E-state index contributed by atoms with van der Waals surface area (Å²) >= 11 is 0. The molecule has 1 aromatic carbocycles. The molecule has 1 saturated heterocycles. The summed E-state index contributed by atoms with van der Waals surface area (Å²) in [6, 6.07) is 8.78. The van der Waals surface area contributed by atoms with Crippen molar-refractivity contribution in [1.82, 2.24) is 9.88 Å². The quantitative estimate of drug-likeness (QED) is 0.723. The van der Waals surface area contributed by atoms with Crippen molar-refractivity contribution in [2.75, 3.05) is 19.6 Å². The summed E-state index contributed by atoms with van der Waals surface area (Å²) in [4.78, 5) is 6.32. The van der Waals surface area contributed by atoms with Gasteiger partial charge in [0.15, 0.2) is 0 Å². The molecule has 4 heterocycles. The number of nitrogens with one attached hydrogen (secondary N) is 1. The van der Waals surface area contributed by atoms with Gasteiger partial charge in [0.1, 0.15) is 0 Å². The second kappa shape index (κ2) is 4.78. The third-order valence-corrected chi connectivity index (χ3v) is 5.13. The highest BCUT2D eigenvalue weighted by Gasteiger charge is 2.27. The maximum atomic E-state index is 3.69. The van der Waals surface area contributed by atoms with Crippen molar-refractivity contribution in [2.45, 2.75) is 26.2 Å². The van der Waals surface area contributed by atoms with E-state index in [1.165, 1.54) is 55.5 Å². The van der Waals surface area contributed by atoms with Crippen LogP contribution < -0.4 is 0 Å². The fraction of sp³-hybridized carbons (Fsp3) is 0.444. The van der Waals surface area contributed by atoms with Gasteiger partial charge in [-0.15, -0.1) is 0 Å². The number of rotatable bonds is 0. The maximum absolute atomic E-state index is 3.69. The minimum atomic E-state index is 0.737. The zero-order chi connectivity index (χ0) is 13.5. The van der Waals surface area contributed by atoms with E-state index in [0.29, 0.717) is 0 Å². The lowest BCUT2D eigenvalue weighted by molar-refractivity contribution is 0.239. The molecule has 3 aliphatic rings. The zero-order valence-corrected chi connectivity index (χ0v) is 12.2. The van der Waals surface area contributed by atoms with Crippen LogP contribution in [0.2, 0.25) is 0 Å². The summed E-state index contributed by atoms with van der Waals surface area (Å²) in [5.41, 5.74) is 6.00. The lowest BCUT2D eigenvalue weighted by atomic mass is 9.87. The smallest absolute Gasteiger partial charge is 0.0458 e. The second-order valence-electron chi connectivity index (χ2n) is 6.21. The van der Waals surface area contributed by atoms with Gasteiger partial charge in [-0.3, -0.25) is 4.90 Å². The topological polar surface area (TPSA) is 19.0 Å². The molecule has 1 fully saturated rings. The van der Waals surface area contributed by atoms with E-state index < -0.39 is 0 Å². The van der Waals surface area contributed by atoms with Gasteiger partial charge in [-0.1, -0.05) is 29.8 Å². The number of H-pyrrole nitrogens is 1. The fourth-order valence-electron chi connectivity index (χ4n) is 3.97. The number of para-hydroxylation sites is 1. The highest BCUT2D eigenvalue weighted by Crippen LogP contribution is 2.32. The number of nitrogens with zero attached hydrogens (tertiary/aromatic N) is 1. The first-order valence-corrected chi connectivity index (χ1v) is 7.81. The van der Waals surface area contributed by atoms with Crippen molar-refractivity contribution in [3.63, 3.8) is 0 Å². The van der Waals surface area contributed by atoms with E-state index in [1.54, 1.807) is 11.1 Å². The van der Waals surface area contributed by atoms with Crippen LogP contribution >= 0.6 is 0 Å². The summed E-state index contributed by atoms with van der Waals surface area (Å²) in [5.74, 6) is 0.737. The first-order chi connectivity index (χ1) is 9.85. The number of aromatic nitrogens is 1. The van der Waals surface area contributed by atoms with Crippen molar-refractivity contribution >= 4 is 10.9 Å². The zero-order valence-electron chi connectivity index (χ0n) is 12.2. The van der Waals surface area contributed by atoms with Gasteiger partial charge in [0.25, 0.3) is 0 Å². The molecule has 3 aliphatic heterocycles. The molecule has 2 nitrogen and oxygen atoms in total. The third-order valence-electron chi connectivity index (χ3n) is 5.13. The molecule has 20 heavy (non-hydrogen) atoms. The summed E-state index contributed by atoms with van der Waals surface area (Å²) in [6.07, 6.45) is 6.04. The molecule has 2 bridgehead atoms. The molecule has 0 spiro atoms. The lowest BCUT2D eigenvalue weighted by Crippen LogP contribution is -2.36. The fourth-order valence-corrected chi connectivity index (χ4v) is 3.97. The van der Waals surface area contributed by atoms with Gasteiger partial charge >= 0.3 is 0 Å². The van der Waals surface area contributed by atoms with E-state index in [4.69, 9.17) is 0 Å². The normalized spacial score (nSPS) is 28.1. The molecule has 5 rings (SSSR count). The molecule has 2 aromatic rings. The average Bonchev–Trinajstić information content (AvgIpc) is 2.87. The van der Waals surface area contributed by atoms with Crippen LogP contribution in [0.5, 0.6) is 0 Å². The van der Waals surface area contributed by atoms with Gasteiger partial charge in [0.2, 0.25) is 0 Å². The molecule has 1 aromatic heterocycles. The van der Waals surface area contributed by atoms with Gasteiger partial charge in [-0.05, 0) is 50.3 Å². The number of fused-ring (bicyclic) bond motifs is 4. The third kappa shape index (κ3) is 1.90. The highest BCUT2D eigenvalue weighted by atomic mass is 15.1. The Morgan fingerprint density at radius 2 is 2.15 bits per heavy atom. The Morgan fingerprint density at radius 1 is 1.25 bits per heavy atom. The highest BCUT2D eigenvalue weighted by molar-refractivity contribution is 5.84. The lowest BCUT2D eigenvalue weighted by Gasteiger charge is -2.33. The number of hydrogen-bond donors (Lipinski definition) is 1. The van der Waals surface area contributed by atoms with Gasteiger partial charge in [0.05, 0.1) is 0 Å². The molecular weight excluding hydrogens is 244 g/mol. The van der Waals surface area contributed by atoms with Crippen LogP contribution in [0.4, 0.5) is 0 Å². The predicted octanol–water partition coefficient (Wildman–Crippen LogP) is 3.53. The van der Waals surface area contributed by atoms with E-state index in [-0.39, 0.29) is 0 Å². The van der Waals surface area contributed by atoms with Gasteiger partial charge in [0, 0.05) is 29.7 Å². The molecule has 0 saturated carbocycles. The van der Waals surface area contributed by atoms with Crippen LogP contribution in [0.1, 0.15) is 24.6 Å². The SMILES string of the molecule is CC=C1CN2CCc3c([nH]c4ccccc34)CC1CC2. The molecule has 0 amide bonds. The molecule has 2 heteroatoms. The number of allylic oxidation sites excluding steroid dienone is 1. The van der Waals surface area contributed by atoms with E-state index in [9.17, 15) is 0 Å². The van der Waals surface area contributed by atoms with Crippen LogP contribution in [0, 0.1) is 5.92 Å². The minimum absolute atomic E-state index is 0.737. The molecule has 2 atom stereocenters. The average molecular weight is 266 g/mol. The summed E-state index contributed by atoms with van der Waals surface area (Å²) in [5, 5.41) is 1.44. The Balaban J connectivity index is 1.83. The Bertz CT molecular complexity index is 665. The van der Waals surface area contributed by atoms with Crippen LogP contribution in [-0.4, -0.2) is 29.5 Å². The first kappa shape index (κ1) is 12.2. The van der Waals surface area contributed by atoms with Gasteiger partial charge in [-0.2, -0.15) is 0 Å². The maximum Gasteiger partial charge on any atom is 0.0458 e. The van der Waals surface area contributed by atoms with Crippen molar-refractivity contribution in [1.29, 1.82) is 0 Å². The summed E-state index contributed by atoms with van der Waals surface area (Å²) in [6.45, 7) is 5.85. The molecule has 1 N–H and O–H groups in total. The van der Waals surface area contributed by atoms with Crippen LogP contribution in [-0.2, 0) is 12.8 Å². The summed E-state index contributed by atoms with van der Waals surface area (Å²) < 4.78 is 0. The first-order valence-electron chi connectivity index (χ1n) is 7.81. The van der Waals surface area contributed by atoms with Crippen LogP contribution in [0.15, 0.2) is 35.9 Å². The number of hydrogen-bond acceptors (Lipinski definition) is 1. The van der Waals surface area contributed by atoms with E-state index in [0.717, 1.165) is 5.92 Å². The van der Waals surface area contributed by atoms with Crippen molar-refractivity contribution in [3.05, 3.63) is 47.2 Å². The Labute approximate surface area is 120 Å². The number of piperidine rings is 1. The minimum Gasteiger partial charge on any atom is -0.358 e. The van der Waals surface area contributed by atoms with Crippen molar-refractivity contribution in [3.8, 4) is 0 Å². The van der Waals surface area contributed by atoms with Gasteiger partial charge < -0.3 is 4.98 Å². The largest absolute Gasteiger partial charge is 0.358 e. The second-order valence-corrected chi connectivity index (χ2v) is 6.21. The molecule has 0 aliphatic carbocycles.